The summed E-state index contributed by atoms with van der Waals surface area (Å²) in [5, 5.41) is 0. The molecule has 3 heterocycles. The first-order valence-corrected chi connectivity index (χ1v) is 9.95. The zero-order chi connectivity index (χ0) is 15.7. The Balaban J connectivity index is 1.64. The Morgan fingerprint density at radius 2 is 1.91 bits per heavy atom. The van der Waals surface area contributed by atoms with Crippen LogP contribution in [0.15, 0.2) is 0 Å². The monoisotopic (exact) mass is 330 g/mol. The largest absolute Gasteiger partial charge is 0.381 e. The van der Waals surface area contributed by atoms with Gasteiger partial charge >= 0.3 is 0 Å². The van der Waals surface area contributed by atoms with Crippen LogP contribution in [-0.4, -0.2) is 68.7 Å². The molecule has 3 aliphatic rings. The number of carbonyl (C=O) groups is 1. The molecule has 0 aliphatic carbocycles. The zero-order valence-corrected chi connectivity index (χ0v) is 14.1. The summed E-state index contributed by atoms with van der Waals surface area (Å²) in [6.07, 6.45) is 2.70. The lowest BCUT2D eigenvalue weighted by molar-refractivity contribution is -0.133. The number of ether oxygens (including phenoxy) is 1. The SMILES string of the molecule is CCS(=O)(=O)N1C[C@H]2COC[C@@H](CC(=O)N3CCCC3)[C@H]2C1. The van der Waals surface area contributed by atoms with Crippen molar-refractivity contribution in [2.45, 2.75) is 26.2 Å². The standard InChI is InChI=1S/C15H26N2O4S/c1-2-22(19,20)17-8-13-11-21-10-12(14(13)9-17)7-15(18)16-5-3-4-6-16/h12-14H,2-11H2,1H3/t12-,13+,14-/m1/s1. The summed E-state index contributed by atoms with van der Waals surface area (Å²) in [6, 6.07) is 0. The third-order valence-corrected chi connectivity index (χ3v) is 7.20. The normalized spacial score (nSPS) is 33.1. The molecule has 0 aromatic heterocycles. The van der Waals surface area contributed by atoms with Gasteiger partial charge in [0, 0.05) is 38.5 Å². The van der Waals surface area contributed by atoms with Gasteiger partial charge in [0.25, 0.3) is 0 Å². The average Bonchev–Trinajstić information content (AvgIpc) is 3.17. The number of sulfonamides is 1. The molecular weight excluding hydrogens is 304 g/mol. The third kappa shape index (κ3) is 3.16. The van der Waals surface area contributed by atoms with Crippen molar-refractivity contribution < 1.29 is 17.9 Å². The molecule has 1 amide bonds. The molecule has 0 spiro atoms. The van der Waals surface area contributed by atoms with Crippen LogP contribution < -0.4 is 0 Å². The van der Waals surface area contributed by atoms with Gasteiger partial charge < -0.3 is 9.64 Å². The molecule has 0 bridgehead atoms. The average molecular weight is 330 g/mol. The van der Waals surface area contributed by atoms with E-state index in [2.05, 4.69) is 0 Å². The van der Waals surface area contributed by atoms with Crippen molar-refractivity contribution in [3.05, 3.63) is 0 Å². The number of hydrogen-bond acceptors (Lipinski definition) is 4. The van der Waals surface area contributed by atoms with Crippen LogP contribution >= 0.6 is 0 Å². The van der Waals surface area contributed by atoms with Gasteiger partial charge in [-0.3, -0.25) is 4.79 Å². The molecule has 3 aliphatic heterocycles. The predicted octanol–water partition coefficient (Wildman–Crippen LogP) is 0.543. The smallest absolute Gasteiger partial charge is 0.222 e. The van der Waals surface area contributed by atoms with E-state index < -0.39 is 10.0 Å². The zero-order valence-electron chi connectivity index (χ0n) is 13.2. The molecule has 22 heavy (non-hydrogen) atoms. The Bertz CT molecular complexity index is 516. The molecule has 3 atom stereocenters. The summed E-state index contributed by atoms with van der Waals surface area (Å²) >= 11 is 0. The lowest BCUT2D eigenvalue weighted by atomic mass is 9.81. The van der Waals surface area contributed by atoms with Crippen LogP contribution in [0.3, 0.4) is 0 Å². The molecule has 0 unspecified atom stereocenters. The molecule has 0 radical (unpaired) electrons. The van der Waals surface area contributed by atoms with Gasteiger partial charge in [-0.1, -0.05) is 0 Å². The Labute approximate surface area is 132 Å². The summed E-state index contributed by atoms with van der Waals surface area (Å²) < 4.78 is 31.4. The fourth-order valence-electron chi connectivity index (χ4n) is 4.00. The Kier molecular flexibility index (Phi) is 4.75. The number of carbonyl (C=O) groups excluding carboxylic acids is 1. The van der Waals surface area contributed by atoms with Gasteiger partial charge in [0.05, 0.1) is 19.0 Å². The van der Waals surface area contributed by atoms with E-state index in [4.69, 9.17) is 4.74 Å². The van der Waals surface area contributed by atoms with Crippen LogP contribution in [-0.2, 0) is 19.6 Å². The van der Waals surface area contributed by atoms with Gasteiger partial charge in [-0.25, -0.2) is 12.7 Å². The summed E-state index contributed by atoms with van der Waals surface area (Å²) in [4.78, 5) is 14.3. The number of fused-ring (bicyclic) bond motifs is 1. The highest BCUT2D eigenvalue weighted by molar-refractivity contribution is 7.89. The number of likely N-dealkylation sites (tertiary alicyclic amines) is 1. The molecule has 126 valence electrons. The molecule has 0 aromatic rings. The van der Waals surface area contributed by atoms with Crippen LogP contribution in [0, 0.1) is 17.8 Å². The Hall–Kier alpha value is -0.660. The number of nitrogens with zero attached hydrogens (tertiary/aromatic N) is 2. The van der Waals surface area contributed by atoms with Crippen molar-refractivity contribution in [1.29, 1.82) is 0 Å². The van der Waals surface area contributed by atoms with Crippen molar-refractivity contribution in [1.82, 2.24) is 9.21 Å². The second kappa shape index (κ2) is 6.45. The Morgan fingerprint density at radius 3 is 2.59 bits per heavy atom. The third-order valence-electron chi connectivity index (χ3n) is 5.38. The lowest BCUT2D eigenvalue weighted by Gasteiger charge is -2.33. The minimum absolute atomic E-state index is 0.144. The molecule has 6 nitrogen and oxygen atoms in total. The van der Waals surface area contributed by atoms with Crippen LogP contribution in [0.5, 0.6) is 0 Å². The van der Waals surface area contributed by atoms with E-state index >= 15 is 0 Å². The minimum atomic E-state index is -3.14. The summed E-state index contributed by atoms with van der Waals surface area (Å²) in [5.41, 5.74) is 0. The van der Waals surface area contributed by atoms with Crippen LogP contribution in [0.25, 0.3) is 0 Å². The van der Waals surface area contributed by atoms with Crippen molar-refractivity contribution >= 4 is 15.9 Å². The molecule has 0 saturated carbocycles. The van der Waals surface area contributed by atoms with E-state index in [0.717, 1.165) is 25.9 Å². The van der Waals surface area contributed by atoms with Crippen molar-refractivity contribution in [2.24, 2.45) is 17.8 Å². The van der Waals surface area contributed by atoms with Crippen molar-refractivity contribution in [3.63, 3.8) is 0 Å². The Morgan fingerprint density at radius 1 is 1.18 bits per heavy atom. The predicted molar refractivity (Wildman–Crippen MR) is 82.8 cm³/mol. The van der Waals surface area contributed by atoms with E-state index in [1.54, 1.807) is 11.2 Å². The first kappa shape index (κ1) is 16.2. The number of rotatable bonds is 4. The second-order valence-corrected chi connectivity index (χ2v) is 8.99. The van der Waals surface area contributed by atoms with Gasteiger partial charge in [0.1, 0.15) is 0 Å². The van der Waals surface area contributed by atoms with Crippen molar-refractivity contribution in [2.75, 3.05) is 45.1 Å². The molecule has 7 heteroatoms. The quantitative estimate of drug-likeness (QED) is 0.755. The fourth-order valence-corrected chi connectivity index (χ4v) is 5.18. The summed E-state index contributed by atoms with van der Waals surface area (Å²) in [7, 11) is -3.14. The lowest BCUT2D eigenvalue weighted by Crippen LogP contribution is -2.39. The minimum Gasteiger partial charge on any atom is -0.381 e. The van der Waals surface area contributed by atoms with E-state index in [0.29, 0.717) is 32.7 Å². The maximum Gasteiger partial charge on any atom is 0.222 e. The molecule has 0 N–H and O–H groups in total. The van der Waals surface area contributed by atoms with Crippen LogP contribution in [0.2, 0.25) is 0 Å². The van der Waals surface area contributed by atoms with Gasteiger partial charge in [-0.05, 0) is 31.6 Å². The van der Waals surface area contributed by atoms with Crippen LogP contribution in [0.4, 0.5) is 0 Å². The van der Waals surface area contributed by atoms with Gasteiger partial charge in [0.15, 0.2) is 0 Å². The van der Waals surface area contributed by atoms with Crippen molar-refractivity contribution in [3.8, 4) is 0 Å². The number of hydrogen-bond donors (Lipinski definition) is 0. The highest BCUT2D eigenvalue weighted by Gasteiger charge is 2.44. The first-order valence-electron chi connectivity index (χ1n) is 8.34. The van der Waals surface area contributed by atoms with E-state index in [1.807, 2.05) is 4.90 Å². The van der Waals surface area contributed by atoms with E-state index in [9.17, 15) is 13.2 Å². The van der Waals surface area contributed by atoms with Gasteiger partial charge in [-0.2, -0.15) is 0 Å². The van der Waals surface area contributed by atoms with Gasteiger partial charge in [0.2, 0.25) is 15.9 Å². The number of amides is 1. The molecule has 3 saturated heterocycles. The maximum atomic E-state index is 12.4. The molecule has 3 fully saturated rings. The topological polar surface area (TPSA) is 66.9 Å². The van der Waals surface area contributed by atoms with E-state index in [-0.39, 0.29) is 29.4 Å². The maximum absolute atomic E-state index is 12.4. The molecular formula is C15H26N2O4S. The highest BCUT2D eigenvalue weighted by Crippen LogP contribution is 2.37. The summed E-state index contributed by atoms with van der Waals surface area (Å²) in [6.45, 7) is 5.74. The second-order valence-electron chi connectivity index (χ2n) is 6.73. The first-order chi connectivity index (χ1) is 10.5. The summed E-state index contributed by atoms with van der Waals surface area (Å²) in [5.74, 6) is 1.02. The van der Waals surface area contributed by atoms with Gasteiger partial charge in [-0.15, -0.1) is 0 Å². The van der Waals surface area contributed by atoms with E-state index in [1.165, 1.54) is 0 Å². The fraction of sp³-hybridized carbons (Fsp3) is 0.933. The molecule has 0 aromatic carbocycles. The molecule has 3 rings (SSSR count). The van der Waals surface area contributed by atoms with Crippen LogP contribution in [0.1, 0.15) is 26.2 Å². The highest BCUT2D eigenvalue weighted by atomic mass is 32.2.